The van der Waals surface area contributed by atoms with Crippen LogP contribution in [-0.4, -0.2) is 6.04 Å². The van der Waals surface area contributed by atoms with Gasteiger partial charge in [0, 0.05) is 6.04 Å². The molecule has 0 spiro atoms. The second-order valence-electron chi connectivity index (χ2n) is 3.50. The molecule has 0 saturated heterocycles. The quantitative estimate of drug-likeness (QED) is 0.782. The molecule has 14 heavy (non-hydrogen) atoms. The normalized spacial score (nSPS) is 21.1. The Hall–Kier alpha value is -0.500. The Kier molecular flexibility index (Phi) is 2.82. The van der Waals surface area contributed by atoms with E-state index in [2.05, 4.69) is 6.08 Å². The first-order valence-corrected chi connectivity index (χ1v) is 5.35. The van der Waals surface area contributed by atoms with E-state index in [1.165, 1.54) is 5.57 Å². The molecule has 0 fully saturated rings. The minimum absolute atomic E-state index is 0.167. The van der Waals surface area contributed by atoms with Gasteiger partial charge >= 0.3 is 0 Å². The zero-order valence-corrected chi connectivity index (χ0v) is 9.15. The van der Waals surface area contributed by atoms with Crippen LogP contribution in [0.3, 0.4) is 0 Å². The third kappa shape index (κ3) is 1.81. The summed E-state index contributed by atoms with van der Waals surface area (Å²) in [6, 6.07) is 5.86. The Morgan fingerprint density at radius 2 is 2.07 bits per heavy atom. The second-order valence-corrected chi connectivity index (χ2v) is 4.28. The highest BCUT2D eigenvalue weighted by molar-refractivity contribution is 6.43. The first-order chi connectivity index (χ1) is 6.68. The van der Waals surface area contributed by atoms with Gasteiger partial charge in [0.15, 0.2) is 0 Å². The Morgan fingerprint density at radius 1 is 1.29 bits per heavy atom. The molecular weight excluding hydrogens is 217 g/mol. The molecule has 3 heteroatoms. The van der Waals surface area contributed by atoms with Gasteiger partial charge in [-0.05, 0) is 30.0 Å². The van der Waals surface area contributed by atoms with Crippen LogP contribution in [0.5, 0.6) is 0 Å². The topological polar surface area (TPSA) is 26.0 Å². The number of hydrogen-bond acceptors (Lipinski definition) is 1. The predicted octanol–water partition coefficient (Wildman–Crippen LogP) is 3.50. The van der Waals surface area contributed by atoms with Crippen molar-refractivity contribution in [3.05, 3.63) is 39.9 Å². The Bertz CT molecular complexity index is 385. The predicted molar refractivity (Wildman–Crippen MR) is 61.6 cm³/mol. The van der Waals surface area contributed by atoms with E-state index in [0.29, 0.717) is 10.0 Å². The standard InChI is InChI=1S/C11H11Cl2N/c12-10-3-1-2-9(11(10)13)7-4-5-8(14)6-7/h1-3,6,8H,4-5,14H2. The average molecular weight is 228 g/mol. The molecule has 0 amide bonds. The van der Waals surface area contributed by atoms with Crippen molar-refractivity contribution in [3.63, 3.8) is 0 Å². The fraction of sp³-hybridized carbons (Fsp3) is 0.273. The molecule has 0 heterocycles. The zero-order valence-electron chi connectivity index (χ0n) is 7.63. The van der Waals surface area contributed by atoms with Crippen LogP contribution in [0.2, 0.25) is 10.0 Å². The maximum atomic E-state index is 6.11. The summed E-state index contributed by atoms with van der Waals surface area (Å²) >= 11 is 12.0. The summed E-state index contributed by atoms with van der Waals surface area (Å²) in [6.07, 6.45) is 4.05. The number of rotatable bonds is 1. The summed E-state index contributed by atoms with van der Waals surface area (Å²) in [4.78, 5) is 0. The van der Waals surface area contributed by atoms with Gasteiger partial charge in [0.25, 0.3) is 0 Å². The van der Waals surface area contributed by atoms with Crippen molar-refractivity contribution in [1.29, 1.82) is 0 Å². The maximum absolute atomic E-state index is 6.11. The number of nitrogens with two attached hydrogens (primary N) is 1. The highest BCUT2D eigenvalue weighted by atomic mass is 35.5. The fourth-order valence-corrected chi connectivity index (χ4v) is 2.15. The smallest absolute Gasteiger partial charge is 0.0667 e. The van der Waals surface area contributed by atoms with Crippen molar-refractivity contribution < 1.29 is 0 Å². The molecule has 1 aromatic carbocycles. The van der Waals surface area contributed by atoms with Crippen molar-refractivity contribution >= 4 is 28.8 Å². The molecule has 0 bridgehead atoms. The number of hydrogen-bond donors (Lipinski definition) is 1. The molecule has 2 rings (SSSR count). The summed E-state index contributed by atoms with van der Waals surface area (Å²) in [5, 5.41) is 1.24. The summed E-state index contributed by atoms with van der Waals surface area (Å²) < 4.78 is 0. The van der Waals surface area contributed by atoms with Gasteiger partial charge in [-0.3, -0.25) is 0 Å². The number of halogens is 2. The maximum Gasteiger partial charge on any atom is 0.0667 e. The third-order valence-electron chi connectivity index (χ3n) is 2.46. The van der Waals surface area contributed by atoms with Gasteiger partial charge in [-0.15, -0.1) is 0 Å². The van der Waals surface area contributed by atoms with E-state index in [0.717, 1.165) is 18.4 Å². The van der Waals surface area contributed by atoms with Crippen molar-refractivity contribution in [2.45, 2.75) is 18.9 Å². The molecule has 2 N–H and O–H groups in total. The molecule has 0 saturated carbocycles. The molecule has 0 aliphatic heterocycles. The molecule has 74 valence electrons. The highest BCUT2D eigenvalue weighted by Gasteiger charge is 2.16. The van der Waals surface area contributed by atoms with E-state index in [-0.39, 0.29) is 6.04 Å². The Balaban J connectivity index is 2.42. The molecule has 1 aromatic rings. The summed E-state index contributed by atoms with van der Waals surface area (Å²) in [6.45, 7) is 0. The van der Waals surface area contributed by atoms with Gasteiger partial charge in [-0.1, -0.05) is 41.4 Å². The lowest BCUT2D eigenvalue weighted by molar-refractivity contribution is 0.782. The summed E-state index contributed by atoms with van der Waals surface area (Å²) in [5.74, 6) is 0. The van der Waals surface area contributed by atoms with Gasteiger partial charge in [0.1, 0.15) is 0 Å². The lowest BCUT2D eigenvalue weighted by Crippen LogP contribution is -2.11. The van der Waals surface area contributed by atoms with Crippen LogP contribution in [0, 0.1) is 0 Å². The molecule has 0 aromatic heterocycles. The third-order valence-corrected chi connectivity index (χ3v) is 3.28. The number of benzene rings is 1. The molecule has 1 aliphatic rings. The van der Waals surface area contributed by atoms with E-state index in [4.69, 9.17) is 28.9 Å². The lowest BCUT2D eigenvalue weighted by Gasteiger charge is -2.05. The Morgan fingerprint density at radius 3 is 2.71 bits per heavy atom. The van der Waals surface area contributed by atoms with Crippen LogP contribution in [0.1, 0.15) is 18.4 Å². The average Bonchev–Trinajstić information content (AvgIpc) is 2.57. The first-order valence-electron chi connectivity index (χ1n) is 4.59. The van der Waals surface area contributed by atoms with E-state index >= 15 is 0 Å². The Labute approximate surface area is 93.5 Å². The number of allylic oxidation sites excluding steroid dienone is 1. The molecule has 1 nitrogen and oxygen atoms in total. The van der Waals surface area contributed by atoms with E-state index in [1.54, 1.807) is 6.07 Å². The van der Waals surface area contributed by atoms with Crippen LogP contribution in [-0.2, 0) is 0 Å². The van der Waals surface area contributed by atoms with Gasteiger partial charge in [-0.25, -0.2) is 0 Å². The van der Waals surface area contributed by atoms with Crippen molar-refractivity contribution in [3.8, 4) is 0 Å². The van der Waals surface area contributed by atoms with Crippen molar-refractivity contribution in [2.24, 2.45) is 5.73 Å². The van der Waals surface area contributed by atoms with Crippen molar-refractivity contribution in [1.82, 2.24) is 0 Å². The van der Waals surface area contributed by atoms with Gasteiger partial charge < -0.3 is 5.73 Å². The van der Waals surface area contributed by atoms with Gasteiger partial charge in [0.05, 0.1) is 10.0 Å². The molecule has 1 unspecified atom stereocenters. The lowest BCUT2D eigenvalue weighted by atomic mass is 10.1. The fourth-order valence-electron chi connectivity index (χ4n) is 1.72. The van der Waals surface area contributed by atoms with Crippen LogP contribution in [0.4, 0.5) is 0 Å². The van der Waals surface area contributed by atoms with E-state index in [9.17, 15) is 0 Å². The van der Waals surface area contributed by atoms with Crippen LogP contribution in [0.25, 0.3) is 5.57 Å². The van der Waals surface area contributed by atoms with Gasteiger partial charge in [-0.2, -0.15) is 0 Å². The minimum atomic E-state index is 0.167. The van der Waals surface area contributed by atoms with Crippen LogP contribution < -0.4 is 5.73 Å². The molecule has 1 atom stereocenters. The van der Waals surface area contributed by atoms with Gasteiger partial charge in [0.2, 0.25) is 0 Å². The summed E-state index contributed by atoms with van der Waals surface area (Å²) in [5.41, 5.74) is 8.03. The van der Waals surface area contributed by atoms with E-state index < -0.39 is 0 Å². The van der Waals surface area contributed by atoms with E-state index in [1.807, 2.05) is 12.1 Å². The monoisotopic (exact) mass is 227 g/mol. The SMILES string of the molecule is NC1C=C(c2cccc(Cl)c2Cl)CC1. The summed E-state index contributed by atoms with van der Waals surface area (Å²) in [7, 11) is 0. The molecular formula is C11H11Cl2N. The minimum Gasteiger partial charge on any atom is -0.324 e. The largest absolute Gasteiger partial charge is 0.324 e. The molecule has 1 aliphatic carbocycles. The zero-order chi connectivity index (χ0) is 10.1. The highest BCUT2D eigenvalue weighted by Crippen LogP contribution is 2.35. The molecule has 0 radical (unpaired) electrons. The second kappa shape index (κ2) is 3.93. The first kappa shape index (κ1) is 10.0. The van der Waals surface area contributed by atoms with Crippen LogP contribution >= 0.6 is 23.2 Å². The van der Waals surface area contributed by atoms with Crippen LogP contribution in [0.15, 0.2) is 24.3 Å². The van der Waals surface area contributed by atoms with Crippen molar-refractivity contribution in [2.75, 3.05) is 0 Å².